The van der Waals surface area contributed by atoms with Gasteiger partial charge in [0.2, 0.25) is 0 Å². The third-order valence-electron chi connectivity index (χ3n) is 3.11. The molecular weight excluding hydrogens is 299 g/mol. The van der Waals surface area contributed by atoms with Crippen molar-refractivity contribution in [1.29, 1.82) is 0 Å². The van der Waals surface area contributed by atoms with Crippen molar-refractivity contribution in [3.05, 3.63) is 63.3 Å². The number of carbonyl (C=O) groups is 1. The number of carboxylic acids is 1. The highest BCUT2D eigenvalue weighted by atomic mass is 35.5. The quantitative estimate of drug-likeness (QED) is 0.764. The van der Waals surface area contributed by atoms with E-state index in [0.29, 0.717) is 5.52 Å². The second kappa shape index (κ2) is 4.75. The molecule has 106 valence electrons. The monoisotopic (exact) mass is 306 g/mol. The number of benzene rings is 2. The number of carboxylic acid groups (broad SMARTS) is 1. The lowest BCUT2D eigenvalue weighted by molar-refractivity contribution is 0.0699. The van der Waals surface area contributed by atoms with Gasteiger partial charge >= 0.3 is 11.7 Å². The van der Waals surface area contributed by atoms with Crippen LogP contribution in [0.1, 0.15) is 10.4 Å². The number of aromatic carboxylic acids is 1. The summed E-state index contributed by atoms with van der Waals surface area (Å²) in [5.41, 5.74) is 0.209. The molecular formula is C14H8ClFN2O3. The molecule has 0 aliphatic carbocycles. The van der Waals surface area contributed by atoms with Gasteiger partial charge in [-0.15, -0.1) is 0 Å². The highest BCUT2D eigenvalue weighted by Crippen LogP contribution is 2.22. The van der Waals surface area contributed by atoms with Gasteiger partial charge in [0.15, 0.2) is 0 Å². The van der Waals surface area contributed by atoms with Crippen molar-refractivity contribution in [2.75, 3.05) is 0 Å². The average molecular weight is 307 g/mol. The van der Waals surface area contributed by atoms with Crippen LogP contribution in [0.5, 0.6) is 0 Å². The normalized spacial score (nSPS) is 11.0. The molecule has 0 radical (unpaired) electrons. The zero-order chi connectivity index (χ0) is 15.1. The van der Waals surface area contributed by atoms with Gasteiger partial charge in [-0.3, -0.25) is 4.57 Å². The van der Waals surface area contributed by atoms with Gasteiger partial charge in [-0.2, -0.15) is 0 Å². The number of nitrogens with one attached hydrogen (secondary N) is 1. The number of halogens is 2. The predicted octanol–water partition coefficient (Wildman–Crippen LogP) is 2.81. The lowest BCUT2D eigenvalue weighted by atomic mass is 10.2. The van der Waals surface area contributed by atoms with Gasteiger partial charge in [-0.25, -0.2) is 14.0 Å². The van der Waals surface area contributed by atoms with Crippen molar-refractivity contribution < 1.29 is 14.3 Å². The standard InChI is InChI=1S/C14H8ClFN2O3/c15-9-5-4-7(6-10(9)16)18-11-3-1-2-8(13(19)20)12(11)17-14(18)21/h1-6H,(H,17,21)(H,19,20). The predicted molar refractivity (Wildman–Crippen MR) is 75.8 cm³/mol. The van der Waals surface area contributed by atoms with Crippen molar-refractivity contribution >= 4 is 28.6 Å². The maximum Gasteiger partial charge on any atom is 0.337 e. The molecule has 7 heteroatoms. The molecule has 0 unspecified atom stereocenters. The summed E-state index contributed by atoms with van der Waals surface area (Å²) in [4.78, 5) is 25.7. The number of H-pyrrole nitrogens is 1. The first-order chi connectivity index (χ1) is 9.99. The first kappa shape index (κ1) is 13.4. The van der Waals surface area contributed by atoms with E-state index in [9.17, 15) is 14.0 Å². The minimum absolute atomic E-state index is 0.0298. The zero-order valence-corrected chi connectivity index (χ0v) is 11.2. The Balaban J connectivity index is 2.35. The average Bonchev–Trinajstić information content (AvgIpc) is 2.77. The molecule has 0 spiro atoms. The summed E-state index contributed by atoms with van der Waals surface area (Å²) in [6, 6.07) is 8.40. The molecule has 21 heavy (non-hydrogen) atoms. The second-order valence-electron chi connectivity index (χ2n) is 4.37. The summed E-state index contributed by atoms with van der Waals surface area (Å²) < 4.78 is 14.8. The van der Waals surface area contributed by atoms with Crippen LogP contribution in [-0.2, 0) is 0 Å². The van der Waals surface area contributed by atoms with Crippen molar-refractivity contribution in [2.45, 2.75) is 0 Å². The molecule has 0 fully saturated rings. The molecule has 0 aliphatic heterocycles. The molecule has 1 heterocycles. The fourth-order valence-corrected chi connectivity index (χ4v) is 2.31. The third kappa shape index (κ3) is 2.09. The van der Waals surface area contributed by atoms with Crippen molar-refractivity contribution in [2.24, 2.45) is 0 Å². The molecule has 0 atom stereocenters. The Morgan fingerprint density at radius 2 is 2.05 bits per heavy atom. The molecule has 3 aromatic rings. The Morgan fingerprint density at radius 1 is 1.29 bits per heavy atom. The number of imidazole rings is 1. The maximum atomic E-state index is 13.6. The van der Waals surface area contributed by atoms with E-state index in [-0.39, 0.29) is 21.8 Å². The van der Waals surface area contributed by atoms with Crippen molar-refractivity contribution in [3.63, 3.8) is 0 Å². The van der Waals surface area contributed by atoms with Crippen LogP contribution in [0.15, 0.2) is 41.2 Å². The Kier molecular flexibility index (Phi) is 3.03. The molecule has 0 amide bonds. The summed E-state index contributed by atoms with van der Waals surface area (Å²) in [5, 5.41) is 9.07. The Hall–Kier alpha value is -2.60. The summed E-state index contributed by atoms with van der Waals surface area (Å²) in [5.74, 6) is -1.82. The van der Waals surface area contributed by atoms with Gasteiger partial charge in [0.1, 0.15) is 5.82 Å². The number of hydrogen-bond acceptors (Lipinski definition) is 2. The molecule has 3 rings (SSSR count). The summed E-state index contributed by atoms with van der Waals surface area (Å²) in [6.45, 7) is 0. The summed E-state index contributed by atoms with van der Waals surface area (Å²) >= 11 is 5.62. The highest BCUT2D eigenvalue weighted by molar-refractivity contribution is 6.30. The van der Waals surface area contributed by atoms with Gasteiger partial charge in [0.05, 0.1) is 27.3 Å². The van der Waals surface area contributed by atoms with Crippen LogP contribution in [0.2, 0.25) is 5.02 Å². The van der Waals surface area contributed by atoms with E-state index in [0.717, 1.165) is 6.07 Å². The zero-order valence-electron chi connectivity index (χ0n) is 10.4. The Bertz CT molecular complexity index is 930. The van der Waals surface area contributed by atoms with E-state index in [2.05, 4.69) is 4.98 Å². The van der Waals surface area contributed by atoms with Gasteiger partial charge in [-0.05, 0) is 30.3 Å². The van der Waals surface area contributed by atoms with Crippen LogP contribution < -0.4 is 5.69 Å². The van der Waals surface area contributed by atoms with Gasteiger partial charge in [-0.1, -0.05) is 17.7 Å². The number of fused-ring (bicyclic) bond motifs is 1. The van der Waals surface area contributed by atoms with Crippen LogP contribution in [0, 0.1) is 5.82 Å². The fourth-order valence-electron chi connectivity index (χ4n) is 2.19. The third-order valence-corrected chi connectivity index (χ3v) is 3.42. The first-order valence-electron chi connectivity index (χ1n) is 5.91. The number of para-hydroxylation sites is 1. The van der Waals surface area contributed by atoms with Crippen molar-refractivity contribution in [3.8, 4) is 5.69 Å². The number of nitrogens with zero attached hydrogens (tertiary/aromatic N) is 1. The van der Waals surface area contributed by atoms with Crippen molar-refractivity contribution in [1.82, 2.24) is 9.55 Å². The second-order valence-corrected chi connectivity index (χ2v) is 4.78. The largest absolute Gasteiger partial charge is 0.478 e. The van der Waals surface area contributed by atoms with E-state index in [1.165, 1.54) is 28.8 Å². The SMILES string of the molecule is O=C(O)c1cccc2c1[nH]c(=O)n2-c1ccc(Cl)c(F)c1. The van der Waals surface area contributed by atoms with Crippen LogP contribution in [-0.4, -0.2) is 20.6 Å². The summed E-state index contributed by atoms with van der Waals surface area (Å²) in [7, 11) is 0. The number of rotatable bonds is 2. The van der Waals surface area contributed by atoms with E-state index in [1.54, 1.807) is 6.07 Å². The van der Waals surface area contributed by atoms with E-state index in [4.69, 9.17) is 16.7 Å². The number of hydrogen-bond donors (Lipinski definition) is 2. The minimum Gasteiger partial charge on any atom is -0.478 e. The molecule has 0 aliphatic rings. The van der Waals surface area contributed by atoms with Crippen LogP contribution in [0.25, 0.3) is 16.7 Å². The Morgan fingerprint density at radius 3 is 2.71 bits per heavy atom. The molecule has 2 aromatic carbocycles. The number of aromatic nitrogens is 2. The topological polar surface area (TPSA) is 75.1 Å². The van der Waals surface area contributed by atoms with Gasteiger partial charge in [0.25, 0.3) is 0 Å². The summed E-state index contributed by atoms with van der Waals surface area (Å²) in [6.07, 6.45) is 0. The van der Waals surface area contributed by atoms with Crippen LogP contribution in [0.3, 0.4) is 0 Å². The van der Waals surface area contributed by atoms with Gasteiger partial charge < -0.3 is 10.1 Å². The minimum atomic E-state index is -1.16. The molecule has 0 bridgehead atoms. The number of aromatic amines is 1. The molecule has 5 nitrogen and oxygen atoms in total. The highest BCUT2D eigenvalue weighted by Gasteiger charge is 2.15. The molecule has 0 saturated heterocycles. The fraction of sp³-hybridized carbons (Fsp3) is 0. The van der Waals surface area contributed by atoms with Crippen LogP contribution >= 0.6 is 11.6 Å². The molecule has 1 aromatic heterocycles. The van der Waals surface area contributed by atoms with Crippen LogP contribution in [0.4, 0.5) is 4.39 Å². The first-order valence-corrected chi connectivity index (χ1v) is 6.29. The van der Waals surface area contributed by atoms with E-state index < -0.39 is 17.5 Å². The lowest BCUT2D eigenvalue weighted by Crippen LogP contribution is -2.14. The smallest absolute Gasteiger partial charge is 0.337 e. The maximum absolute atomic E-state index is 13.6. The Labute approximate surface area is 122 Å². The lowest BCUT2D eigenvalue weighted by Gasteiger charge is -2.04. The van der Waals surface area contributed by atoms with E-state index >= 15 is 0 Å². The molecule has 2 N–H and O–H groups in total. The molecule has 0 saturated carbocycles. The van der Waals surface area contributed by atoms with Gasteiger partial charge in [0, 0.05) is 0 Å². The van der Waals surface area contributed by atoms with E-state index in [1.807, 2.05) is 0 Å².